The van der Waals surface area contributed by atoms with E-state index in [0.29, 0.717) is 21.7 Å². The van der Waals surface area contributed by atoms with Crippen LogP contribution >= 0.6 is 11.8 Å². The Kier molecular flexibility index (Phi) is 6.91. The molecule has 1 N–H and O–H groups in total. The molecular weight excluding hydrogens is 473 g/mol. The predicted molar refractivity (Wildman–Crippen MR) is 141 cm³/mol. The highest BCUT2D eigenvalue weighted by molar-refractivity contribution is 7.99. The van der Waals surface area contributed by atoms with Gasteiger partial charge >= 0.3 is 0 Å². The van der Waals surface area contributed by atoms with E-state index in [1.165, 1.54) is 22.8 Å². The van der Waals surface area contributed by atoms with E-state index < -0.39 is 5.82 Å². The zero-order chi connectivity index (χ0) is 24.9. The van der Waals surface area contributed by atoms with Crippen LogP contribution in [0.25, 0.3) is 16.6 Å². The Morgan fingerprint density at radius 2 is 1.50 bits per heavy atom. The third-order valence-corrected chi connectivity index (χ3v) is 6.65. The number of hydrogen-bond acceptors (Lipinski definition) is 4. The van der Waals surface area contributed by atoms with Gasteiger partial charge < -0.3 is 5.32 Å². The second kappa shape index (κ2) is 10.6. The molecule has 178 valence electrons. The fourth-order valence-corrected chi connectivity index (χ4v) is 4.86. The summed E-state index contributed by atoms with van der Waals surface area (Å²) in [5.41, 5.74) is 2.47. The van der Waals surface area contributed by atoms with Crippen LogP contribution in [0.15, 0.2) is 119 Å². The summed E-state index contributed by atoms with van der Waals surface area (Å²) in [5, 5.41) is 3.84. The van der Waals surface area contributed by atoms with E-state index in [1.807, 2.05) is 60.7 Å². The average molecular weight is 496 g/mol. The summed E-state index contributed by atoms with van der Waals surface area (Å²) in [5.74, 6) is -0.656. The van der Waals surface area contributed by atoms with Gasteiger partial charge in [-0.05, 0) is 41.5 Å². The first-order valence-electron chi connectivity index (χ1n) is 11.4. The molecular formula is C29H22FN3O2S. The third-order valence-electron chi connectivity index (χ3n) is 5.71. The maximum Gasteiger partial charge on any atom is 0.266 e. The lowest BCUT2D eigenvalue weighted by atomic mass is 9.99. The Bertz CT molecular complexity index is 1530. The normalized spacial score (nSPS) is 11.1. The summed E-state index contributed by atoms with van der Waals surface area (Å²) in [6.07, 6.45) is 0. The number of para-hydroxylation sites is 1. The number of nitrogens with one attached hydrogen (secondary N) is 1. The topological polar surface area (TPSA) is 64.0 Å². The monoisotopic (exact) mass is 495 g/mol. The Morgan fingerprint density at radius 1 is 0.861 bits per heavy atom. The van der Waals surface area contributed by atoms with Crippen molar-refractivity contribution < 1.29 is 9.18 Å². The van der Waals surface area contributed by atoms with Crippen LogP contribution in [-0.2, 0) is 4.79 Å². The van der Waals surface area contributed by atoms with Crippen molar-refractivity contribution in [2.75, 3.05) is 5.75 Å². The number of fused-ring (bicyclic) bond motifs is 1. The highest BCUT2D eigenvalue weighted by Gasteiger charge is 2.19. The minimum Gasteiger partial charge on any atom is -0.344 e. The van der Waals surface area contributed by atoms with E-state index in [0.717, 1.165) is 22.9 Å². The molecule has 0 saturated heterocycles. The van der Waals surface area contributed by atoms with Crippen molar-refractivity contribution in [1.82, 2.24) is 14.9 Å². The molecule has 4 aromatic carbocycles. The maximum atomic E-state index is 14.0. The van der Waals surface area contributed by atoms with Crippen LogP contribution in [0.5, 0.6) is 0 Å². The number of amides is 1. The number of thioether (sulfide) groups is 1. The molecule has 7 heteroatoms. The number of halogens is 1. The van der Waals surface area contributed by atoms with Gasteiger partial charge in [0.2, 0.25) is 5.91 Å². The van der Waals surface area contributed by atoms with E-state index in [2.05, 4.69) is 10.3 Å². The number of benzene rings is 4. The summed E-state index contributed by atoms with van der Waals surface area (Å²) in [4.78, 5) is 31.1. The van der Waals surface area contributed by atoms with Gasteiger partial charge in [-0.3, -0.25) is 14.2 Å². The standard InChI is InChI=1S/C29H22FN3O2S/c30-22-14-9-15-23(18-22)33-28(35)24-16-7-8-17-25(24)31-29(33)36-19-26(34)32-27(20-10-3-1-4-11-20)21-12-5-2-6-13-21/h1-18,27H,19H2,(H,32,34). The molecule has 5 nitrogen and oxygen atoms in total. The Morgan fingerprint density at radius 3 is 2.17 bits per heavy atom. The Hall–Kier alpha value is -4.23. The number of nitrogens with zero attached hydrogens (tertiary/aromatic N) is 2. The highest BCUT2D eigenvalue weighted by Crippen LogP contribution is 2.24. The van der Waals surface area contributed by atoms with Crippen molar-refractivity contribution in [2.45, 2.75) is 11.2 Å². The summed E-state index contributed by atoms with van der Waals surface area (Å²) >= 11 is 1.13. The number of carbonyl (C=O) groups excluding carboxylic acids is 1. The van der Waals surface area contributed by atoms with Crippen LogP contribution < -0.4 is 10.9 Å². The van der Waals surface area contributed by atoms with Gasteiger partial charge in [-0.2, -0.15) is 0 Å². The maximum absolute atomic E-state index is 14.0. The number of rotatable bonds is 7. The summed E-state index contributed by atoms with van der Waals surface area (Å²) in [7, 11) is 0. The van der Waals surface area contributed by atoms with E-state index in [1.54, 1.807) is 30.3 Å². The van der Waals surface area contributed by atoms with Crippen LogP contribution in [0.2, 0.25) is 0 Å². The van der Waals surface area contributed by atoms with E-state index in [-0.39, 0.29) is 23.3 Å². The smallest absolute Gasteiger partial charge is 0.266 e. The van der Waals surface area contributed by atoms with E-state index in [4.69, 9.17) is 0 Å². The molecule has 0 radical (unpaired) electrons. The van der Waals surface area contributed by atoms with Crippen molar-refractivity contribution in [1.29, 1.82) is 0 Å². The van der Waals surface area contributed by atoms with Crippen molar-refractivity contribution in [3.63, 3.8) is 0 Å². The molecule has 1 aromatic heterocycles. The SMILES string of the molecule is O=C(CSc1nc2ccccc2c(=O)n1-c1cccc(F)c1)NC(c1ccccc1)c1ccccc1. The zero-order valence-corrected chi connectivity index (χ0v) is 20.0. The van der Waals surface area contributed by atoms with Crippen LogP contribution in [0.1, 0.15) is 17.2 Å². The molecule has 0 aliphatic carbocycles. The van der Waals surface area contributed by atoms with Crippen molar-refractivity contribution >= 4 is 28.6 Å². The first-order valence-corrected chi connectivity index (χ1v) is 12.4. The largest absolute Gasteiger partial charge is 0.344 e. The molecule has 0 aliphatic rings. The van der Waals surface area contributed by atoms with Gasteiger partial charge in [0.15, 0.2) is 5.16 Å². The average Bonchev–Trinajstić information content (AvgIpc) is 2.91. The molecule has 1 amide bonds. The van der Waals surface area contributed by atoms with Crippen molar-refractivity contribution in [3.05, 3.63) is 136 Å². The molecule has 0 spiro atoms. The molecule has 0 atom stereocenters. The quantitative estimate of drug-likeness (QED) is 0.238. The molecule has 36 heavy (non-hydrogen) atoms. The van der Waals surface area contributed by atoms with Gasteiger partial charge in [-0.15, -0.1) is 0 Å². The fourth-order valence-electron chi connectivity index (χ4n) is 4.03. The molecule has 0 saturated carbocycles. The number of carbonyl (C=O) groups is 1. The molecule has 0 fully saturated rings. The van der Waals surface area contributed by atoms with E-state index in [9.17, 15) is 14.0 Å². The summed E-state index contributed by atoms with van der Waals surface area (Å²) in [6.45, 7) is 0. The molecule has 5 rings (SSSR count). The fraction of sp³-hybridized carbons (Fsp3) is 0.0690. The summed E-state index contributed by atoms with van der Waals surface area (Å²) in [6, 6.07) is 31.9. The van der Waals surface area contributed by atoms with Crippen LogP contribution in [0.4, 0.5) is 4.39 Å². The van der Waals surface area contributed by atoms with Crippen molar-refractivity contribution in [2.24, 2.45) is 0 Å². The van der Waals surface area contributed by atoms with Crippen LogP contribution in [-0.4, -0.2) is 21.2 Å². The second-order valence-electron chi connectivity index (χ2n) is 8.14. The Labute approximate surface area is 211 Å². The second-order valence-corrected chi connectivity index (χ2v) is 9.09. The van der Waals surface area contributed by atoms with Crippen LogP contribution in [0.3, 0.4) is 0 Å². The predicted octanol–water partition coefficient (Wildman–Crippen LogP) is 5.52. The van der Waals surface area contributed by atoms with Gasteiger partial charge in [-0.1, -0.05) is 90.6 Å². The zero-order valence-electron chi connectivity index (χ0n) is 19.2. The van der Waals surface area contributed by atoms with Gasteiger partial charge in [0.25, 0.3) is 5.56 Å². The lowest BCUT2D eigenvalue weighted by molar-refractivity contribution is -0.119. The van der Waals surface area contributed by atoms with Crippen molar-refractivity contribution in [3.8, 4) is 5.69 Å². The molecule has 0 bridgehead atoms. The molecule has 1 heterocycles. The summed E-state index contributed by atoms with van der Waals surface area (Å²) < 4.78 is 15.4. The minimum atomic E-state index is -0.463. The molecule has 0 unspecified atom stereocenters. The lowest BCUT2D eigenvalue weighted by Crippen LogP contribution is -2.31. The lowest BCUT2D eigenvalue weighted by Gasteiger charge is -2.20. The number of aromatic nitrogens is 2. The first-order chi connectivity index (χ1) is 17.6. The van der Waals surface area contributed by atoms with Crippen LogP contribution in [0, 0.1) is 5.82 Å². The molecule has 0 aliphatic heterocycles. The molecule has 5 aromatic rings. The third kappa shape index (κ3) is 5.06. The van der Waals surface area contributed by atoms with Gasteiger partial charge in [-0.25, -0.2) is 9.37 Å². The van der Waals surface area contributed by atoms with Gasteiger partial charge in [0, 0.05) is 0 Å². The van der Waals surface area contributed by atoms with Gasteiger partial charge in [0.1, 0.15) is 5.82 Å². The number of hydrogen-bond donors (Lipinski definition) is 1. The minimum absolute atomic E-state index is 0.0241. The highest BCUT2D eigenvalue weighted by atomic mass is 32.2. The van der Waals surface area contributed by atoms with E-state index >= 15 is 0 Å². The Balaban J connectivity index is 1.45. The van der Waals surface area contributed by atoms with Gasteiger partial charge in [0.05, 0.1) is 28.4 Å². The first kappa shape index (κ1) is 23.5.